The van der Waals surface area contributed by atoms with E-state index in [-0.39, 0.29) is 17.0 Å². The van der Waals surface area contributed by atoms with Gasteiger partial charge in [-0.3, -0.25) is 4.79 Å². The lowest BCUT2D eigenvalue weighted by molar-refractivity contribution is -0.151. The molecule has 30 heavy (non-hydrogen) atoms. The van der Waals surface area contributed by atoms with Crippen LogP contribution in [0.2, 0.25) is 0 Å². The molecule has 0 aliphatic carbocycles. The van der Waals surface area contributed by atoms with Gasteiger partial charge in [0.25, 0.3) is 0 Å². The highest BCUT2D eigenvalue weighted by molar-refractivity contribution is 5.85. The molecule has 5 heteroatoms. The summed E-state index contributed by atoms with van der Waals surface area (Å²) in [5.41, 5.74) is 2.76. The van der Waals surface area contributed by atoms with Crippen LogP contribution in [-0.4, -0.2) is 28.9 Å². The lowest BCUT2D eigenvalue weighted by Gasteiger charge is -2.23. The lowest BCUT2D eigenvalue weighted by Crippen LogP contribution is -2.24. The number of aliphatic hydroxyl groups excluding tert-OH is 1. The van der Waals surface area contributed by atoms with Crippen LogP contribution in [0.4, 0.5) is 0 Å². The Hall–Kier alpha value is -2.01. The highest BCUT2D eigenvalue weighted by Gasteiger charge is 2.26. The highest BCUT2D eigenvalue weighted by Crippen LogP contribution is 2.27. The maximum Gasteiger partial charge on any atom is 0.333 e. The van der Waals surface area contributed by atoms with E-state index in [2.05, 4.69) is 30.7 Å². The van der Waals surface area contributed by atoms with Gasteiger partial charge < -0.3 is 14.6 Å². The number of hydrogen-bond acceptors (Lipinski definition) is 5. The fourth-order valence-electron chi connectivity index (χ4n) is 3.44. The van der Waals surface area contributed by atoms with E-state index in [1.54, 1.807) is 6.92 Å². The standard InChI is InChI=1S/C25H38O5/c1-18(11-7-13-21-17-23(28)30-24(21)29)9-6-10-19(2)14-15-22(27)25(4,5)16-8-12-20(3)26/h10-11,17,24,29H,6-9,12-16H2,1-5H3/b18-11+,19-10+/t24-/m1/s1. The third-order valence-corrected chi connectivity index (χ3v) is 5.64. The zero-order chi connectivity index (χ0) is 22.7. The molecule has 0 unspecified atom stereocenters. The Kier molecular flexibility index (Phi) is 11.0. The number of Topliss-reactive ketones (excluding diaryl/α,β-unsaturated/α-hetero) is 2. The van der Waals surface area contributed by atoms with Gasteiger partial charge in [-0.1, -0.05) is 37.1 Å². The summed E-state index contributed by atoms with van der Waals surface area (Å²) < 4.78 is 4.67. The van der Waals surface area contributed by atoms with Crippen molar-refractivity contribution in [3.8, 4) is 0 Å². The van der Waals surface area contributed by atoms with E-state index in [9.17, 15) is 19.5 Å². The summed E-state index contributed by atoms with van der Waals surface area (Å²) in [4.78, 5) is 34.7. The number of ketones is 2. The van der Waals surface area contributed by atoms with Gasteiger partial charge in [0.15, 0.2) is 0 Å². The van der Waals surface area contributed by atoms with Gasteiger partial charge in [-0.25, -0.2) is 4.79 Å². The Morgan fingerprint density at radius 1 is 1.03 bits per heavy atom. The molecule has 0 bridgehead atoms. The Morgan fingerprint density at radius 2 is 1.67 bits per heavy atom. The first-order valence-electron chi connectivity index (χ1n) is 10.9. The minimum absolute atomic E-state index is 0.179. The number of carbonyl (C=O) groups is 3. The van der Waals surface area contributed by atoms with Crippen LogP contribution in [0.1, 0.15) is 92.4 Å². The molecule has 0 amide bonds. The van der Waals surface area contributed by atoms with Crippen LogP contribution in [0.5, 0.6) is 0 Å². The van der Waals surface area contributed by atoms with Crippen LogP contribution in [-0.2, 0) is 19.1 Å². The SMILES string of the molecule is CC(=O)CCCC(C)(C)C(=O)CC/C(C)=C/CC/C(C)=C/CCC1=CC(=O)O[C@H]1O. The summed E-state index contributed by atoms with van der Waals surface area (Å²) in [5, 5.41) is 9.55. The molecule has 0 spiro atoms. The quantitative estimate of drug-likeness (QED) is 0.303. The smallest absolute Gasteiger partial charge is 0.333 e. The average Bonchev–Trinajstić information content (AvgIpc) is 2.96. The van der Waals surface area contributed by atoms with Crippen LogP contribution < -0.4 is 0 Å². The Labute approximate surface area is 181 Å². The molecule has 5 nitrogen and oxygen atoms in total. The van der Waals surface area contributed by atoms with Gasteiger partial charge in [0.2, 0.25) is 6.29 Å². The fourth-order valence-corrected chi connectivity index (χ4v) is 3.44. The minimum Gasteiger partial charge on any atom is -0.429 e. The van der Waals surface area contributed by atoms with Crippen molar-refractivity contribution in [3.63, 3.8) is 0 Å². The second-order valence-electron chi connectivity index (χ2n) is 9.05. The predicted molar refractivity (Wildman–Crippen MR) is 119 cm³/mol. The van der Waals surface area contributed by atoms with E-state index >= 15 is 0 Å². The number of rotatable bonds is 14. The number of hydrogen-bond donors (Lipinski definition) is 1. The van der Waals surface area contributed by atoms with Gasteiger partial charge >= 0.3 is 5.97 Å². The molecule has 1 aliphatic heterocycles. The van der Waals surface area contributed by atoms with E-state index in [1.165, 1.54) is 17.2 Å². The van der Waals surface area contributed by atoms with Crippen LogP contribution in [0.15, 0.2) is 34.9 Å². The lowest BCUT2D eigenvalue weighted by atomic mass is 9.80. The van der Waals surface area contributed by atoms with Gasteiger partial charge in [0, 0.05) is 29.9 Å². The molecule has 1 N–H and O–H groups in total. The summed E-state index contributed by atoms with van der Waals surface area (Å²) in [5.74, 6) is -0.0313. The van der Waals surface area contributed by atoms with Crippen molar-refractivity contribution in [2.45, 2.75) is 98.7 Å². The molecule has 0 radical (unpaired) electrons. The minimum atomic E-state index is -1.08. The number of esters is 1. The summed E-state index contributed by atoms with van der Waals surface area (Å²) in [7, 11) is 0. The molecule has 0 aromatic heterocycles. The topological polar surface area (TPSA) is 80.7 Å². The van der Waals surface area contributed by atoms with Gasteiger partial charge in [-0.2, -0.15) is 0 Å². The van der Waals surface area contributed by atoms with Crippen molar-refractivity contribution in [3.05, 3.63) is 34.9 Å². The number of aliphatic hydroxyl groups is 1. The molecule has 1 rings (SSSR count). The molecular weight excluding hydrogens is 380 g/mol. The monoisotopic (exact) mass is 418 g/mol. The first-order chi connectivity index (χ1) is 14.0. The molecule has 0 saturated carbocycles. The van der Waals surface area contributed by atoms with Crippen molar-refractivity contribution in [2.75, 3.05) is 0 Å². The average molecular weight is 419 g/mol. The number of carbonyl (C=O) groups excluding carboxylic acids is 3. The molecule has 1 aliphatic rings. The molecule has 0 saturated heterocycles. The molecule has 0 fully saturated rings. The largest absolute Gasteiger partial charge is 0.429 e. The molecule has 1 atom stereocenters. The maximum absolute atomic E-state index is 12.5. The fraction of sp³-hybridized carbons (Fsp3) is 0.640. The van der Waals surface area contributed by atoms with Crippen molar-refractivity contribution in [2.24, 2.45) is 5.41 Å². The van der Waals surface area contributed by atoms with Crippen LogP contribution in [0.25, 0.3) is 0 Å². The Morgan fingerprint density at radius 3 is 2.27 bits per heavy atom. The predicted octanol–water partition coefficient (Wildman–Crippen LogP) is 5.38. The number of cyclic esters (lactones) is 1. The number of allylic oxidation sites excluding steroid dienone is 4. The van der Waals surface area contributed by atoms with E-state index in [0.717, 1.165) is 38.5 Å². The third-order valence-electron chi connectivity index (χ3n) is 5.64. The number of ether oxygens (including phenoxy) is 1. The summed E-state index contributed by atoms with van der Waals surface area (Å²) >= 11 is 0. The molecule has 168 valence electrons. The van der Waals surface area contributed by atoms with Crippen molar-refractivity contribution in [1.29, 1.82) is 0 Å². The van der Waals surface area contributed by atoms with Crippen molar-refractivity contribution < 1.29 is 24.2 Å². The summed E-state index contributed by atoms with van der Waals surface area (Å²) in [6.07, 6.45) is 11.3. The van der Waals surface area contributed by atoms with E-state index in [4.69, 9.17) is 0 Å². The van der Waals surface area contributed by atoms with E-state index in [1.807, 2.05) is 13.8 Å². The summed E-state index contributed by atoms with van der Waals surface area (Å²) in [6, 6.07) is 0. The Bertz CT molecular complexity index is 709. The molecule has 0 aromatic carbocycles. The van der Waals surface area contributed by atoms with Crippen molar-refractivity contribution in [1.82, 2.24) is 0 Å². The maximum atomic E-state index is 12.5. The zero-order valence-corrected chi connectivity index (χ0v) is 19.3. The van der Waals surface area contributed by atoms with Crippen LogP contribution >= 0.6 is 0 Å². The first-order valence-corrected chi connectivity index (χ1v) is 10.9. The normalized spacial score (nSPS) is 17.7. The molecule has 1 heterocycles. The summed E-state index contributed by atoms with van der Waals surface area (Å²) in [6.45, 7) is 9.70. The highest BCUT2D eigenvalue weighted by atomic mass is 16.6. The van der Waals surface area contributed by atoms with Gasteiger partial charge in [-0.15, -0.1) is 0 Å². The van der Waals surface area contributed by atoms with Crippen LogP contribution in [0, 0.1) is 5.41 Å². The van der Waals surface area contributed by atoms with E-state index < -0.39 is 12.3 Å². The first kappa shape index (κ1) is 26.0. The second kappa shape index (κ2) is 12.6. The van der Waals surface area contributed by atoms with Gasteiger partial charge in [0.05, 0.1) is 0 Å². The zero-order valence-electron chi connectivity index (χ0n) is 19.3. The van der Waals surface area contributed by atoms with Crippen LogP contribution in [0.3, 0.4) is 0 Å². The molecular formula is C25H38O5. The van der Waals surface area contributed by atoms with Gasteiger partial charge in [0.1, 0.15) is 11.6 Å². The second-order valence-corrected chi connectivity index (χ2v) is 9.05. The third kappa shape index (κ3) is 10.1. The van der Waals surface area contributed by atoms with E-state index in [0.29, 0.717) is 24.8 Å². The van der Waals surface area contributed by atoms with Gasteiger partial charge in [-0.05, 0) is 65.7 Å². The van der Waals surface area contributed by atoms with Crippen molar-refractivity contribution >= 4 is 17.5 Å². The Balaban J connectivity index is 2.30. The molecule has 0 aromatic rings.